The molecule has 5 rings (SSSR count). The number of nitrogens with zero attached hydrogens (tertiary/aromatic N) is 2. The Morgan fingerprint density at radius 2 is 1.28 bits per heavy atom. The van der Waals surface area contributed by atoms with Crippen LogP contribution in [0.5, 0.6) is 11.5 Å². The van der Waals surface area contributed by atoms with Gasteiger partial charge in [0, 0.05) is 11.1 Å². The number of ether oxygens (including phenoxy) is 2. The highest BCUT2D eigenvalue weighted by atomic mass is 19.1. The highest BCUT2D eigenvalue weighted by molar-refractivity contribution is 5.72. The topological polar surface area (TPSA) is 57.4 Å². The van der Waals surface area contributed by atoms with Crippen molar-refractivity contribution >= 4 is 12.2 Å². The summed E-state index contributed by atoms with van der Waals surface area (Å²) in [6.45, 7) is 0.266. The van der Waals surface area contributed by atoms with Gasteiger partial charge in [-0.15, -0.1) is 10.2 Å². The zero-order valence-corrected chi connectivity index (χ0v) is 15.2. The van der Waals surface area contributed by atoms with Gasteiger partial charge in [0.2, 0.25) is 18.6 Å². The average Bonchev–Trinajstić information content (AvgIpc) is 3.42. The highest BCUT2D eigenvalue weighted by Gasteiger charge is 2.12. The molecule has 1 aliphatic heterocycles. The summed E-state index contributed by atoms with van der Waals surface area (Å²) < 4.78 is 29.5. The molecule has 2 heterocycles. The second-order valence-electron chi connectivity index (χ2n) is 6.49. The SMILES string of the molecule is Fc1ccc(-c2nnc(-c3ccc(/C=C/c4ccc5c(c4)OCO5)cc3)o2)cc1. The number of aromatic nitrogens is 2. The lowest BCUT2D eigenvalue weighted by Crippen LogP contribution is -1.92. The van der Waals surface area contributed by atoms with E-state index in [1.807, 2.05) is 54.6 Å². The van der Waals surface area contributed by atoms with Gasteiger partial charge in [-0.2, -0.15) is 0 Å². The van der Waals surface area contributed by atoms with Gasteiger partial charge >= 0.3 is 0 Å². The van der Waals surface area contributed by atoms with Crippen molar-refractivity contribution in [3.8, 4) is 34.4 Å². The van der Waals surface area contributed by atoms with Crippen LogP contribution in [0.4, 0.5) is 4.39 Å². The van der Waals surface area contributed by atoms with E-state index in [-0.39, 0.29) is 12.6 Å². The Bertz CT molecular complexity index is 1180. The Balaban J connectivity index is 1.32. The predicted molar refractivity (Wildman–Crippen MR) is 107 cm³/mol. The van der Waals surface area contributed by atoms with Gasteiger partial charge in [-0.1, -0.05) is 30.4 Å². The average molecular weight is 386 g/mol. The summed E-state index contributed by atoms with van der Waals surface area (Å²) in [5, 5.41) is 8.13. The van der Waals surface area contributed by atoms with Gasteiger partial charge in [0.25, 0.3) is 0 Å². The summed E-state index contributed by atoms with van der Waals surface area (Å²) in [4.78, 5) is 0. The van der Waals surface area contributed by atoms with Gasteiger partial charge in [0.15, 0.2) is 11.5 Å². The minimum absolute atomic E-state index is 0.266. The Labute approximate surface area is 166 Å². The van der Waals surface area contributed by atoms with Crippen molar-refractivity contribution in [3.63, 3.8) is 0 Å². The molecule has 1 aromatic heterocycles. The standard InChI is InChI=1S/C23H15FN2O3/c24-19-10-8-18(9-11-19)23-26-25-22(29-23)17-6-3-15(4-7-17)1-2-16-5-12-20-21(13-16)28-14-27-20/h1-13H,14H2/b2-1+. The Morgan fingerprint density at radius 3 is 2.00 bits per heavy atom. The van der Waals surface area contributed by atoms with Gasteiger partial charge in [0.1, 0.15) is 5.82 Å². The molecule has 0 bridgehead atoms. The van der Waals surface area contributed by atoms with Crippen molar-refractivity contribution in [3.05, 3.63) is 83.7 Å². The number of benzene rings is 3. The lowest BCUT2D eigenvalue weighted by Gasteiger charge is -1.99. The van der Waals surface area contributed by atoms with Crippen molar-refractivity contribution in [2.24, 2.45) is 0 Å². The fourth-order valence-electron chi connectivity index (χ4n) is 3.00. The van der Waals surface area contributed by atoms with Gasteiger partial charge < -0.3 is 13.9 Å². The predicted octanol–water partition coefficient (Wildman–Crippen LogP) is 5.44. The Morgan fingerprint density at radius 1 is 0.690 bits per heavy atom. The zero-order chi connectivity index (χ0) is 19.6. The quantitative estimate of drug-likeness (QED) is 0.437. The van der Waals surface area contributed by atoms with Crippen LogP contribution in [0.3, 0.4) is 0 Å². The maximum absolute atomic E-state index is 13.1. The van der Waals surface area contributed by atoms with Crippen LogP contribution in [0.2, 0.25) is 0 Å². The number of rotatable bonds is 4. The van der Waals surface area contributed by atoms with Crippen molar-refractivity contribution in [2.75, 3.05) is 6.79 Å². The first-order valence-electron chi connectivity index (χ1n) is 9.02. The molecule has 29 heavy (non-hydrogen) atoms. The molecule has 0 amide bonds. The normalized spacial score (nSPS) is 12.6. The summed E-state index contributed by atoms with van der Waals surface area (Å²) in [6.07, 6.45) is 4.02. The second-order valence-corrected chi connectivity index (χ2v) is 6.49. The molecule has 0 radical (unpaired) electrons. The van der Waals surface area contributed by atoms with Crippen LogP contribution < -0.4 is 9.47 Å². The van der Waals surface area contributed by atoms with Gasteiger partial charge in [-0.25, -0.2) is 4.39 Å². The molecule has 6 heteroatoms. The molecule has 0 aliphatic carbocycles. The molecule has 3 aromatic carbocycles. The fourth-order valence-corrected chi connectivity index (χ4v) is 3.00. The first kappa shape index (κ1) is 17.2. The van der Waals surface area contributed by atoms with Gasteiger partial charge in [-0.3, -0.25) is 0 Å². The highest BCUT2D eigenvalue weighted by Crippen LogP contribution is 2.33. The monoisotopic (exact) mass is 386 g/mol. The molecule has 1 aliphatic rings. The van der Waals surface area contributed by atoms with Crippen LogP contribution in [0.25, 0.3) is 35.1 Å². The third-order valence-corrected chi connectivity index (χ3v) is 4.54. The van der Waals surface area contributed by atoms with Gasteiger partial charge in [0.05, 0.1) is 0 Å². The largest absolute Gasteiger partial charge is 0.454 e. The molecule has 4 aromatic rings. The summed E-state index contributed by atoms with van der Waals surface area (Å²) in [5.41, 5.74) is 3.54. The molecule has 5 nitrogen and oxygen atoms in total. The molecule has 0 fully saturated rings. The minimum atomic E-state index is -0.308. The summed E-state index contributed by atoms with van der Waals surface area (Å²) in [7, 11) is 0. The number of hydrogen-bond acceptors (Lipinski definition) is 5. The van der Waals surface area contributed by atoms with Crippen molar-refractivity contribution < 1.29 is 18.3 Å². The van der Waals surface area contributed by atoms with Crippen molar-refractivity contribution in [2.45, 2.75) is 0 Å². The molecule has 0 saturated carbocycles. The van der Waals surface area contributed by atoms with Crippen LogP contribution in [0, 0.1) is 5.82 Å². The van der Waals surface area contributed by atoms with Crippen molar-refractivity contribution in [1.29, 1.82) is 0 Å². The summed E-state index contributed by atoms with van der Waals surface area (Å²) >= 11 is 0. The van der Waals surface area contributed by atoms with E-state index in [4.69, 9.17) is 13.9 Å². The molecule has 0 saturated heterocycles. The van der Waals surface area contributed by atoms with Crippen LogP contribution in [-0.2, 0) is 0 Å². The molecule has 0 atom stereocenters. The lowest BCUT2D eigenvalue weighted by atomic mass is 10.1. The second kappa shape index (κ2) is 7.24. The number of hydrogen-bond donors (Lipinski definition) is 0. The molecule has 0 N–H and O–H groups in total. The summed E-state index contributed by atoms with van der Waals surface area (Å²) in [6, 6.07) is 19.5. The van der Waals surface area contributed by atoms with E-state index in [2.05, 4.69) is 10.2 Å². The maximum atomic E-state index is 13.1. The smallest absolute Gasteiger partial charge is 0.248 e. The zero-order valence-electron chi connectivity index (χ0n) is 15.2. The number of fused-ring (bicyclic) bond motifs is 1. The van der Waals surface area contributed by atoms with Gasteiger partial charge in [-0.05, 0) is 59.7 Å². The van der Waals surface area contributed by atoms with Crippen LogP contribution in [0.15, 0.2) is 71.1 Å². The van der Waals surface area contributed by atoms with E-state index in [1.54, 1.807) is 12.1 Å². The van der Waals surface area contributed by atoms with E-state index >= 15 is 0 Å². The molecule has 142 valence electrons. The van der Waals surface area contributed by atoms with E-state index in [0.29, 0.717) is 17.3 Å². The molecular weight excluding hydrogens is 371 g/mol. The van der Waals surface area contributed by atoms with Crippen LogP contribution >= 0.6 is 0 Å². The molecular formula is C23H15FN2O3. The van der Waals surface area contributed by atoms with Crippen LogP contribution in [0.1, 0.15) is 11.1 Å². The van der Waals surface area contributed by atoms with Crippen LogP contribution in [-0.4, -0.2) is 17.0 Å². The fraction of sp³-hybridized carbons (Fsp3) is 0.0435. The van der Waals surface area contributed by atoms with E-state index in [9.17, 15) is 4.39 Å². The first-order chi connectivity index (χ1) is 14.2. The third kappa shape index (κ3) is 3.60. The third-order valence-electron chi connectivity index (χ3n) is 4.54. The van der Waals surface area contributed by atoms with E-state index in [0.717, 1.165) is 28.2 Å². The lowest BCUT2D eigenvalue weighted by molar-refractivity contribution is 0.174. The first-order valence-corrected chi connectivity index (χ1v) is 9.02. The minimum Gasteiger partial charge on any atom is -0.454 e. The number of halogens is 1. The van der Waals surface area contributed by atoms with E-state index < -0.39 is 0 Å². The van der Waals surface area contributed by atoms with E-state index in [1.165, 1.54) is 12.1 Å². The molecule has 0 spiro atoms. The Hall–Kier alpha value is -3.93. The Kier molecular flexibility index (Phi) is 4.29. The summed E-state index contributed by atoms with van der Waals surface area (Å²) in [5.74, 6) is 1.99. The van der Waals surface area contributed by atoms with Crippen molar-refractivity contribution in [1.82, 2.24) is 10.2 Å². The molecule has 0 unspecified atom stereocenters. The maximum Gasteiger partial charge on any atom is 0.248 e.